The molecule has 2 nitrogen and oxygen atoms in total. The van der Waals surface area contributed by atoms with Crippen molar-refractivity contribution in [3.63, 3.8) is 0 Å². The molecule has 4 heteroatoms. The summed E-state index contributed by atoms with van der Waals surface area (Å²) in [5, 5.41) is 3.23. The molecule has 0 amide bonds. The highest BCUT2D eigenvalue weighted by Gasteiger charge is 2.37. The van der Waals surface area contributed by atoms with E-state index in [2.05, 4.69) is 5.32 Å². The van der Waals surface area contributed by atoms with Crippen molar-refractivity contribution in [1.82, 2.24) is 5.32 Å². The van der Waals surface area contributed by atoms with E-state index in [0.717, 1.165) is 25.3 Å². The van der Waals surface area contributed by atoms with Crippen LogP contribution >= 0.6 is 0 Å². The van der Waals surface area contributed by atoms with E-state index in [1.165, 1.54) is 6.07 Å². The molecular formula is C14H19F2NO. The zero-order valence-corrected chi connectivity index (χ0v) is 10.8. The van der Waals surface area contributed by atoms with Crippen LogP contribution in [0.5, 0.6) is 0 Å². The maximum atomic E-state index is 13.6. The number of ether oxygens (including phenoxy) is 1. The van der Waals surface area contributed by atoms with E-state index in [1.54, 1.807) is 13.2 Å². The van der Waals surface area contributed by atoms with Crippen LogP contribution < -0.4 is 5.32 Å². The predicted octanol–water partition coefficient (Wildman–Crippen LogP) is 3.18. The first-order valence-electron chi connectivity index (χ1n) is 6.30. The Labute approximate surface area is 106 Å². The van der Waals surface area contributed by atoms with Gasteiger partial charge in [-0.05, 0) is 32.3 Å². The van der Waals surface area contributed by atoms with E-state index in [0.29, 0.717) is 12.1 Å². The lowest BCUT2D eigenvalue weighted by molar-refractivity contribution is -0.0707. The zero-order valence-electron chi connectivity index (χ0n) is 10.8. The van der Waals surface area contributed by atoms with Crippen LogP contribution in [0, 0.1) is 11.6 Å². The summed E-state index contributed by atoms with van der Waals surface area (Å²) in [5.41, 5.74) is 0.249. The lowest BCUT2D eigenvalue weighted by atomic mass is 9.80. The molecule has 0 aromatic heterocycles. The lowest BCUT2D eigenvalue weighted by Gasteiger charge is -2.41. The fourth-order valence-corrected chi connectivity index (χ4v) is 2.33. The van der Waals surface area contributed by atoms with Crippen molar-refractivity contribution in [2.24, 2.45) is 0 Å². The normalized spacial score (nSPS) is 19.3. The smallest absolute Gasteiger partial charge is 0.163 e. The standard InChI is InChI=1S/C14H19F2NO/c1-10(11-5-3-6-12(15)13(11)16)17-9-14(18-2)7-4-8-14/h3,5-6,10,17H,4,7-9H2,1-2H3. The van der Waals surface area contributed by atoms with Gasteiger partial charge in [-0.3, -0.25) is 0 Å². The Bertz CT molecular complexity index is 413. The topological polar surface area (TPSA) is 21.3 Å². The third-order valence-corrected chi connectivity index (χ3v) is 3.88. The molecule has 1 fully saturated rings. The van der Waals surface area contributed by atoms with Crippen molar-refractivity contribution >= 4 is 0 Å². The van der Waals surface area contributed by atoms with Crippen LogP contribution in [-0.2, 0) is 4.74 Å². The van der Waals surface area contributed by atoms with Crippen LogP contribution in [0.2, 0.25) is 0 Å². The van der Waals surface area contributed by atoms with Gasteiger partial charge in [0.2, 0.25) is 0 Å². The average Bonchev–Trinajstić information content (AvgIpc) is 2.31. The molecule has 1 aliphatic rings. The number of benzene rings is 1. The summed E-state index contributed by atoms with van der Waals surface area (Å²) < 4.78 is 32.2. The molecule has 2 rings (SSSR count). The third kappa shape index (κ3) is 2.54. The number of nitrogens with one attached hydrogen (secondary N) is 1. The van der Waals surface area contributed by atoms with Gasteiger partial charge in [0.15, 0.2) is 11.6 Å². The maximum absolute atomic E-state index is 13.6. The number of rotatable bonds is 5. The molecule has 0 radical (unpaired) electrons. The molecule has 18 heavy (non-hydrogen) atoms. The molecular weight excluding hydrogens is 236 g/mol. The van der Waals surface area contributed by atoms with E-state index >= 15 is 0 Å². The minimum absolute atomic E-state index is 0.113. The number of methoxy groups -OCH3 is 1. The predicted molar refractivity (Wildman–Crippen MR) is 66.4 cm³/mol. The molecule has 1 atom stereocenters. The largest absolute Gasteiger partial charge is 0.377 e. The van der Waals surface area contributed by atoms with Crippen molar-refractivity contribution in [1.29, 1.82) is 0 Å². The van der Waals surface area contributed by atoms with Crippen molar-refractivity contribution < 1.29 is 13.5 Å². The third-order valence-electron chi connectivity index (χ3n) is 3.88. The highest BCUT2D eigenvalue weighted by atomic mass is 19.2. The Hall–Kier alpha value is -1.00. The quantitative estimate of drug-likeness (QED) is 0.872. The highest BCUT2D eigenvalue weighted by molar-refractivity contribution is 5.22. The molecule has 0 bridgehead atoms. The van der Waals surface area contributed by atoms with Gasteiger partial charge >= 0.3 is 0 Å². The second-order valence-electron chi connectivity index (χ2n) is 4.99. The van der Waals surface area contributed by atoms with E-state index in [4.69, 9.17) is 4.74 Å². The van der Waals surface area contributed by atoms with Crippen molar-refractivity contribution in [3.05, 3.63) is 35.4 Å². The Kier molecular flexibility index (Phi) is 3.97. The summed E-state index contributed by atoms with van der Waals surface area (Å²) in [5.74, 6) is -1.57. The molecule has 1 saturated carbocycles. The Morgan fingerprint density at radius 2 is 2.11 bits per heavy atom. The molecule has 0 spiro atoms. The van der Waals surface area contributed by atoms with Gasteiger partial charge in [0.25, 0.3) is 0 Å². The summed E-state index contributed by atoms with van der Waals surface area (Å²) in [6.45, 7) is 2.50. The Morgan fingerprint density at radius 1 is 1.39 bits per heavy atom. The van der Waals surface area contributed by atoms with Crippen molar-refractivity contribution in [2.75, 3.05) is 13.7 Å². The summed E-state index contributed by atoms with van der Waals surface area (Å²) in [7, 11) is 1.70. The highest BCUT2D eigenvalue weighted by Crippen LogP contribution is 2.34. The summed E-state index contributed by atoms with van der Waals surface area (Å²) in [6, 6.07) is 4.04. The van der Waals surface area contributed by atoms with Gasteiger partial charge in [-0.15, -0.1) is 0 Å². The Morgan fingerprint density at radius 3 is 2.67 bits per heavy atom. The molecule has 1 N–H and O–H groups in total. The molecule has 0 saturated heterocycles. The molecule has 100 valence electrons. The van der Waals surface area contributed by atoms with E-state index in [1.807, 2.05) is 6.92 Å². The summed E-state index contributed by atoms with van der Waals surface area (Å²) in [4.78, 5) is 0. The first-order chi connectivity index (χ1) is 8.58. The second-order valence-corrected chi connectivity index (χ2v) is 4.99. The molecule has 1 unspecified atom stereocenters. The Balaban J connectivity index is 1.99. The summed E-state index contributed by atoms with van der Waals surface area (Å²) in [6.07, 6.45) is 3.21. The SMILES string of the molecule is COC1(CNC(C)c2cccc(F)c2F)CCC1. The fraction of sp³-hybridized carbons (Fsp3) is 0.571. The van der Waals surface area contributed by atoms with Gasteiger partial charge in [-0.2, -0.15) is 0 Å². The minimum Gasteiger partial charge on any atom is -0.377 e. The van der Waals surface area contributed by atoms with Crippen LogP contribution in [0.15, 0.2) is 18.2 Å². The summed E-state index contributed by atoms with van der Waals surface area (Å²) >= 11 is 0. The van der Waals surface area contributed by atoms with Crippen LogP contribution in [0.4, 0.5) is 8.78 Å². The first kappa shape index (κ1) is 13.4. The number of hydrogen-bond donors (Lipinski definition) is 1. The zero-order chi connectivity index (χ0) is 13.2. The lowest BCUT2D eigenvalue weighted by Crippen LogP contribution is -2.48. The van der Waals surface area contributed by atoms with Crippen LogP contribution in [0.1, 0.15) is 37.8 Å². The molecule has 0 heterocycles. The first-order valence-corrected chi connectivity index (χ1v) is 6.30. The van der Waals surface area contributed by atoms with E-state index < -0.39 is 11.6 Å². The maximum Gasteiger partial charge on any atom is 0.163 e. The van der Waals surface area contributed by atoms with Crippen LogP contribution in [-0.4, -0.2) is 19.3 Å². The molecule has 0 aliphatic heterocycles. The van der Waals surface area contributed by atoms with E-state index in [-0.39, 0.29) is 11.6 Å². The second kappa shape index (κ2) is 5.33. The molecule has 1 aromatic rings. The average molecular weight is 255 g/mol. The van der Waals surface area contributed by atoms with Gasteiger partial charge in [0, 0.05) is 25.3 Å². The van der Waals surface area contributed by atoms with Crippen molar-refractivity contribution in [2.45, 2.75) is 37.8 Å². The van der Waals surface area contributed by atoms with E-state index in [9.17, 15) is 8.78 Å². The van der Waals surface area contributed by atoms with Crippen molar-refractivity contribution in [3.8, 4) is 0 Å². The number of halogens is 2. The van der Waals surface area contributed by atoms with Gasteiger partial charge in [-0.1, -0.05) is 12.1 Å². The van der Waals surface area contributed by atoms with Gasteiger partial charge < -0.3 is 10.1 Å². The molecule has 1 aromatic carbocycles. The van der Waals surface area contributed by atoms with Gasteiger partial charge in [0.1, 0.15) is 0 Å². The molecule has 1 aliphatic carbocycles. The van der Waals surface area contributed by atoms with Gasteiger partial charge in [0.05, 0.1) is 5.60 Å². The van der Waals surface area contributed by atoms with Crippen LogP contribution in [0.3, 0.4) is 0 Å². The monoisotopic (exact) mass is 255 g/mol. The minimum atomic E-state index is -0.800. The fourth-order valence-electron chi connectivity index (χ4n) is 2.33. The van der Waals surface area contributed by atoms with Crippen LogP contribution in [0.25, 0.3) is 0 Å². The van der Waals surface area contributed by atoms with Gasteiger partial charge in [-0.25, -0.2) is 8.78 Å². The number of hydrogen-bond acceptors (Lipinski definition) is 2.